The fourth-order valence-corrected chi connectivity index (χ4v) is 4.47. The molecule has 0 aliphatic carbocycles. The molecule has 1 unspecified atom stereocenters. The molecule has 2 N–H and O–H groups in total. The van der Waals surface area contributed by atoms with Crippen LogP contribution < -0.4 is 10.0 Å². The minimum Gasteiger partial charge on any atom is -0.339 e. The zero-order valence-electron chi connectivity index (χ0n) is 14.3. The van der Waals surface area contributed by atoms with E-state index in [1.165, 1.54) is 0 Å². The van der Waals surface area contributed by atoms with Gasteiger partial charge in [-0.05, 0) is 31.8 Å². The van der Waals surface area contributed by atoms with Crippen molar-refractivity contribution in [2.24, 2.45) is 5.92 Å². The van der Waals surface area contributed by atoms with Crippen LogP contribution in [0.25, 0.3) is 11.4 Å². The van der Waals surface area contributed by atoms with Crippen molar-refractivity contribution in [2.45, 2.75) is 25.7 Å². The quantitative estimate of drug-likeness (QED) is 0.777. The van der Waals surface area contributed by atoms with Gasteiger partial charge in [0.25, 0.3) is 0 Å². The Labute approximate surface area is 148 Å². The summed E-state index contributed by atoms with van der Waals surface area (Å²) in [5.41, 5.74) is 0.871. The van der Waals surface area contributed by atoms with Crippen LogP contribution in [0, 0.1) is 5.92 Å². The number of nitrogens with one attached hydrogen (secondary N) is 2. The molecule has 7 nitrogen and oxygen atoms in total. The van der Waals surface area contributed by atoms with E-state index >= 15 is 0 Å². The fourth-order valence-electron chi connectivity index (χ4n) is 2.90. The molecule has 1 aliphatic rings. The van der Waals surface area contributed by atoms with E-state index in [0.717, 1.165) is 31.5 Å². The predicted octanol–water partition coefficient (Wildman–Crippen LogP) is 1.76. The van der Waals surface area contributed by atoms with Gasteiger partial charge in [-0.1, -0.05) is 42.4 Å². The van der Waals surface area contributed by atoms with Crippen LogP contribution in [0.4, 0.5) is 0 Å². The number of benzene rings is 1. The minimum absolute atomic E-state index is 0.181. The van der Waals surface area contributed by atoms with E-state index in [1.54, 1.807) is 0 Å². The average Bonchev–Trinajstić information content (AvgIpc) is 3.11. The summed E-state index contributed by atoms with van der Waals surface area (Å²) in [5, 5.41) is 7.22. The van der Waals surface area contributed by atoms with Gasteiger partial charge < -0.3 is 9.84 Å². The van der Waals surface area contributed by atoms with Crippen molar-refractivity contribution >= 4 is 10.0 Å². The van der Waals surface area contributed by atoms with Crippen molar-refractivity contribution in [1.29, 1.82) is 0 Å². The highest BCUT2D eigenvalue weighted by molar-refractivity contribution is 7.89. The Morgan fingerprint density at radius 3 is 2.72 bits per heavy atom. The van der Waals surface area contributed by atoms with E-state index in [4.69, 9.17) is 4.52 Å². The standard InChI is InChI=1S/C17H24N4O3S/c1-13(11-19-25(22,23)12-14-7-9-18-10-8-14)17-20-16(21-24-17)15-5-3-2-4-6-15/h2-6,13-14,18-19H,7-12H2,1H3. The zero-order valence-corrected chi connectivity index (χ0v) is 15.1. The van der Waals surface area contributed by atoms with Crippen molar-refractivity contribution in [3.8, 4) is 11.4 Å². The van der Waals surface area contributed by atoms with Crippen LogP contribution in [-0.2, 0) is 10.0 Å². The number of hydrogen-bond donors (Lipinski definition) is 2. The Hall–Kier alpha value is -1.77. The van der Waals surface area contributed by atoms with Crippen molar-refractivity contribution in [1.82, 2.24) is 20.2 Å². The Bertz CT molecular complexity index is 770. The number of piperidine rings is 1. The maximum atomic E-state index is 12.3. The number of rotatable bonds is 7. The second kappa shape index (κ2) is 8.07. The Morgan fingerprint density at radius 2 is 2.00 bits per heavy atom. The summed E-state index contributed by atoms with van der Waals surface area (Å²) < 4.78 is 32.5. The molecule has 0 amide bonds. The first kappa shape index (κ1) is 18.0. The lowest BCUT2D eigenvalue weighted by atomic mass is 10.0. The van der Waals surface area contributed by atoms with Crippen molar-refractivity contribution < 1.29 is 12.9 Å². The fraction of sp³-hybridized carbons (Fsp3) is 0.529. The molecule has 0 saturated carbocycles. The zero-order chi connectivity index (χ0) is 17.7. The SMILES string of the molecule is CC(CNS(=O)(=O)CC1CCNCC1)c1nc(-c2ccccc2)no1. The Kier molecular flexibility index (Phi) is 5.82. The summed E-state index contributed by atoms with van der Waals surface area (Å²) in [5.74, 6) is 1.17. The Morgan fingerprint density at radius 1 is 1.28 bits per heavy atom. The first-order valence-electron chi connectivity index (χ1n) is 8.60. The molecule has 1 aliphatic heterocycles. The second-order valence-electron chi connectivity index (χ2n) is 6.55. The van der Waals surface area contributed by atoms with Crippen LogP contribution in [0.1, 0.15) is 31.6 Å². The molecule has 1 atom stereocenters. The van der Waals surface area contributed by atoms with E-state index in [2.05, 4.69) is 20.2 Å². The van der Waals surface area contributed by atoms with E-state index < -0.39 is 10.0 Å². The molecule has 25 heavy (non-hydrogen) atoms. The maximum Gasteiger partial charge on any atom is 0.231 e. The van der Waals surface area contributed by atoms with Crippen molar-refractivity contribution in [3.63, 3.8) is 0 Å². The maximum absolute atomic E-state index is 12.3. The number of aromatic nitrogens is 2. The molecule has 2 aromatic rings. The van der Waals surface area contributed by atoms with E-state index in [1.807, 2.05) is 37.3 Å². The average molecular weight is 364 g/mol. The van der Waals surface area contributed by atoms with Crippen molar-refractivity contribution in [3.05, 3.63) is 36.2 Å². The lowest BCUT2D eigenvalue weighted by Crippen LogP contribution is -2.36. The number of sulfonamides is 1. The molecular formula is C17H24N4O3S. The molecule has 0 radical (unpaired) electrons. The lowest BCUT2D eigenvalue weighted by Gasteiger charge is -2.22. The summed E-state index contributed by atoms with van der Waals surface area (Å²) >= 11 is 0. The third kappa shape index (κ3) is 5.10. The molecule has 0 spiro atoms. The van der Waals surface area contributed by atoms with Gasteiger partial charge >= 0.3 is 0 Å². The molecule has 8 heteroatoms. The third-order valence-electron chi connectivity index (χ3n) is 4.42. The van der Waals surface area contributed by atoms with E-state index in [-0.39, 0.29) is 24.1 Å². The van der Waals surface area contributed by atoms with Crippen LogP contribution in [0.15, 0.2) is 34.9 Å². The van der Waals surface area contributed by atoms with Gasteiger partial charge in [-0.25, -0.2) is 13.1 Å². The van der Waals surface area contributed by atoms with Crippen LogP contribution >= 0.6 is 0 Å². The highest BCUT2D eigenvalue weighted by Crippen LogP contribution is 2.19. The van der Waals surface area contributed by atoms with Gasteiger partial charge in [0.2, 0.25) is 21.7 Å². The monoisotopic (exact) mass is 364 g/mol. The molecule has 1 saturated heterocycles. The summed E-state index contributed by atoms with van der Waals surface area (Å²) in [6.07, 6.45) is 1.81. The van der Waals surface area contributed by atoms with Crippen LogP contribution in [0.5, 0.6) is 0 Å². The summed E-state index contributed by atoms with van der Waals surface area (Å²) in [6.45, 7) is 3.90. The van der Waals surface area contributed by atoms with Gasteiger partial charge in [0.15, 0.2) is 0 Å². The third-order valence-corrected chi connectivity index (χ3v) is 5.94. The Balaban J connectivity index is 1.55. The highest BCUT2D eigenvalue weighted by atomic mass is 32.2. The van der Waals surface area contributed by atoms with Crippen LogP contribution in [0.3, 0.4) is 0 Å². The highest BCUT2D eigenvalue weighted by Gasteiger charge is 2.23. The smallest absolute Gasteiger partial charge is 0.231 e. The molecule has 1 aromatic carbocycles. The summed E-state index contributed by atoms with van der Waals surface area (Å²) in [7, 11) is -3.30. The minimum atomic E-state index is -3.30. The summed E-state index contributed by atoms with van der Waals surface area (Å²) in [6, 6.07) is 9.54. The second-order valence-corrected chi connectivity index (χ2v) is 8.40. The van der Waals surface area contributed by atoms with Gasteiger partial charge in [-0.3, -0.25) is 0 Å². The number of nitrogens with zero attached hydrogens (tertiary/aromatic N) is 2. The molecule has 3 rings (SSSR count). The van der Waals surface area contributed by atoms with Crippen molar-refractivity contribution in [2.75, 3.05) is 25.4 Å². The normalized spacial score (nSPS) is 17.5. The first-order chi connectivity index (χ1) is 12.0. The molecule has 1 aromatic heterocycles. The van der Waals surface area contributed by atoms with Gasteiger partial charge in [-0.2, -0.15) is 4.98 Å². The topological polar surface area (TPSA) is 97.1 Å². The molecule has 1 fully saturated rings. The lowest BCUT2D eigenvalue weighted by molar-refractivity contribution is 0.358. The van der Waals surface area contributed by atoms with E-state index in [0.29, 0.717) is 11.7 Å². The van der Waals surface area contributed by atoms with Crippen LogP contribution in [0.2, 0.25) is 0 Å². The summed E-state index contributed by atoms with van der Waals surface area (Å²) in [4.78, 5) is 4.38. The van der Waals surface area contributed by atoms with Crippen LogP contribution in [-0.4, -0.2) is 43.9 Å². The predicted molar refractivity (Wildman–Crippen MR) is 95.5 cm³/mol. The van der Waals surface area contributed by atoms with Gasteiger partial charge in [0.1, 0.15) is 0 Å². The molecule has 2 heterocycles. The van der Waals surface area contributed by atoms with Gasteiger partial charge in [0, 0.05) is 18.0 Å². The molecule has 136 valence electrons. The largest absolute Gasteiger partial charge is 0.339 e. The number of hydrogen-bond acceptors (Lipinski definition) is 6. The molecular weight excluding hydrogens is 340 g/mol. The first-order valence-corrected chi connectivity index (χ1v) is 10.3. The van der Waals surface area contributed by atoms with Gasteiger partial charge in [0.05, 0.1) is 5.75 Å². The molecule has 0 bridgehead atoms. The van der Waals surface area contributed by atoms with Gasteiger partial charge in [-0.15, -0.1) is 0 Å². The van der Waals surface area contributed by atoms with E-state index in [9.17, 15) is 8.42 Å².